The largest absolute Gasteiger partial charge is 0.465 e. The van der Waals surface area contributed by atoms with Gasteiger partial charge in [-0.2, -0.15) is 0 Å². The van der Waals surface area contributed by atoms with E-state index in [9.17, 15) is 9.90 Å². The fourth-order valence-electron chi connectivity index (χ4n) is 4.65. The number of nitrogens with zero attached hydrogens (tertiary/aromatic N) is 3. The fraction of sp³-hybridized carbons (Fsp3) is 0.250. The first-order valence-corrected chi connectivity index (χ1v) is 11.5. The Morgan fingerprint density at radius 3 is 2.15 bits per heavy atom. The number of benzene rings is 2. The van der Waals surface area contributed by atoms with Crippen LogP contribution >= 0.6 is 11.6 Å². The van der Waals surface area contributed by atoms with Crippen LogP contribution < -0.4 is 0 Å². The topological polar surface area (TPSA) is 66.3 Å². The van der Waals surface area contributed by atoms with Gasteiger partial charge in [0.1, 0.15) is 5.15 Å². The number of halogens is 1. The standard InChI is InChI=1S/C28H28ClN3O2/c1-27(2,3)32(26(33)34)28(4,5)20-13-11-19(12-14-20)24-21(18-9-7-6-8-10-18)17-22-23(31-24)15-16-30-25(22)29/h6-17H,1-5H3,(H,33,34). The summed E-state index contributed by atoms with van der Waals surface area (Å²) in [5, 5.41) is 11.1. The zero-order valence-corrected chi connectivity index (χ0v) is 20.8. The van der Waals surface area contributed by atoms with Gasteiger partial charge in [-0.05, 0) is 57.9 Å². The third kappa shape index (κ3) is 4.36. The number of rotatable bonds is 4. The molecule has 0 bridgehead atoms. The molecule has 0 fully saturated rings. The monoisotopic (exact) mass is 473 g/mol. The fourth-order valence-corrected chi connectivity index (χ4v) is 4.86. The molecule has 0 aliphatic carbocycles. The second-order valence-corrected chi connectivity index (χ2v) is 10.2. The van der Waals surface area contributed by atoms with E-state index in [1.54, 1.807) is 6.20 Å². The van der Waals surface area contributed by atoms with E-state index < -0.39 is 17.2 Å². The van der Waals surface area contributed by atoms with E-state index in [4.69, 9.17) is 16.6 Å². The van der Waals surface area contributed by atoms with Gasteiger partial charge < -0.3 is 5.11 Å². The maximum Gasteiger partial charge on any atom is 0.408 e. The quantitative estimate of drug-likeness (QED) is 0.309. The van der Waals surface area contributed by atoms with E-state index in [2.05, 4.69) is 4.98 Å². The molecule has 2 aromatic heterocycles. The molecule has 0 aliphatic rings. The summed E-state index contributed by atoms with van der Waals surface area (Å²) in [6, 6.07) is 21.9. The lowest BCUT2D eigenvalue weighted by atomic mass is 9.87. The second kappa shape index (κ2) is 8.73. The molecule has 0 aliphatic heterocycles. The van der Waals surface area contributed by atoms with Gasteiger partial charge in [-0.15, -0.1) is 0 Å². The van der Waals surface area contributed by atoms with Crippen LogP contribution in [0.2, 0.25) is 5.15 Å². The van der Waals surface area contributed by atoms with E-state index in [1.807, 2.05) is 101 Å². The molecule has 2 heterocycles. The Morgan fingerprint density at radius 2 is 1.56 bits per heavy atom. The molecule has 0 radical (unpaired) electrons. The number of pyridine rings is 2. The maximum absolute atomic E-state index is 12.1. The molecule has 0 atom stereocenters. The predicted molar refractivity (Wildman–Crippen MR) is 138 cm³/mol. The third-order valence-corrected chi connectivity index (χ3v) is 6.37. The van der Waals surface area contributed by atoms with Crippen LogP contribution in [0.15, 0.2) is 72.9 Å². The Bertz CT molecular complexity index is 1340. The Morgan fingerprint density at radius 1 is 0.912 bits per heavy atom. The smallest absolute Gasteiger partial charge is 0.408 e. The number of hydrogen-bond acceptors (Lipinski definition) is 3. The van der Waals surface area contributed by atoms with Gasteiger partial charge in [0.05, 0.1) is 16.7 Å². The average molecular weight is 474 g/mol. The Kier molecular flexibility index (Phi) is 6.09. The van der Waals surface area contributed by atoms with E-state index in [1.165, 1.54) is 4.90 Å². The predicted octanol–water partition coefficient (Wildman–Crippen LogP) is 7.63. The molecule has 1 amide bonds. The van der Waals surface area contributed by atoms with Crippen molar-refractivity contribution in [1.82, 2.24) is 14.9 Å². The van der Waals surface area contributed by atoms with Gasteiger partial charge in [-0.1, -0.05) is 66.2 Å². The minimum absolute atomic E-state index is 0.418. The first-order valence-electron chi connectivity index (χ1n) is 11.1. The zero-order valence-electron chi connectivity index (χ0n) is 20.0. The Balaban J connectivity index is 1.85. The highest BCUT2D eigenvalue weighted by atomic mass is 35.5. The van der Waals surface area contributed by atoms with Gasteiger partial charge in [0, 0.05) is 28.2 Å². The molecule has 6 heteroatoms. The number of carboxylic acid groups (broad SMARTS) is 1. The van der Waals surface area contributed by atoms with Gasteiger partial charge in [0.25, 0.3) is 0 Å². The van der Waals surface area contributed by atoms with Gasteiger partial charge in [-0.3, -0.25) is 4.90 Å². The van der Waals surface area contributed by atoms with Crippen LogP contribution in [-0.4, -0.2) is 31.6 Å². The van der Waals surface area contributed by atoms with Crippen molar-refractivity contribution in [3.05, 3.63) is 83.6 Å². The second-order valence-electron chi connectivity index (χ2n) is 9.84. The molecule has 5 nitrogen and oxygen atoms in total. The van der Waals surface area contributed by atoms with Crippen LogP contribution in [0.4, 0.5) is 4.79 Å². The van der Waals surface area contributed by atoms with Crippen molar-refractivity contribution in [2.24, 2.45) is 0 Å². The molecule has 0 spiro atoms. The molecular formula is C28H28ClN3O2. The van der Waals surface area contributed by atoms with E-state index >= 15 is 0 Å². The summed E-state index contributed by atoms with van der Waals surface area (Å²) in [5.74, 6) is 0. The van der Waals surface area contributed by atoms with Crippen LogP contribution in [0.25, 0.3) is 33.3 Å². The molecule has 0 saturated heterocycles. The average Bonchev–Trinajstić information content (AvgIpc) is 2.78. The van der Waals surface area contributed by atoms with Gasteiger partial charge in [-0.25, -0.2) is 14.8 Å². The van der Waals surface area contributed by atoms with Crippen molar-refractivity contribution in [2.45, 2.75) is 45.7 Å². The number of carbonyl (C=O) groups is 1. The summed E-state index contributed by atoms with van der Waals surface area (Å²) in [5.41, 5.74) is 4.15. The first-order chi connectivity index (χ1) is 16.0. The van der Waals surface area contributed by atoms with Crippen LogP contribution in [0.3, 0.4) is 0 Å². The zero-order chi connectivity index (χ0) is 24.7. The molecule has 4 aromatic rings. The Hall–Kier alpha value is -3.44. The van der Waals surface area contributed by atoms with Crippen molar-refractivity contribution in [1.29, 1.82) is 0 Å². The number of fused-ring (bicyclic) bond motifs is 1. The summed E-state index contributed by atoms with van der Waals surface area (Å²) in [7, 11) is 0. The molecule has 4 rings (SSSR count). The SMILES string of the molecule is CC(C)(C)N(C(=O)O)C(C)(C)c1ccc(-c2nc3ccnc(Cl)c3cc2-c2ccccc2)cc1. The van der Waals surface area contributed by atoms with Crippen molar-refractivity contribution < 1.29 is 9.90 Å². The summed E-state index contributed by atoms with van der Waals surface area (Å²) >= 11 is 6.37. The summed E-state index contributed by atoms with van der Waals surface area (Å²) in [6.07, 6.45) is 0.706. The van der Waals surface area contributed by atoms with Crippen LogP contribution in [0, 0.1) is 0 Å². The number of amides is 1. The summed E-state index contributed by atoms with van der Waals surface area (Å²) < 4.78 is 0. The minimum atomic E-state index is -0.949. The lowest BCUT2D eigenvalue weighted by Gasteiger charge is -2.45. The van der Waals surface area contributed by atoms with Crippen LogP contribution in [-0.2, 0) is 5.54 Å². The molecule has 0 saturated carbocycles. The molecule has 174 valence electrons. The van der Waals surface area contributed by atoms with Crippen LogP contribution in [0.1, 0.15) is 40.2 Å². The Labute approximate surface area is 205 Å². The first kappa shape index (κ1) is 23.7. The third-order valence-electron chi connectivity index (χ3n) is 6.07. The van der Waals surface area contributed by atoms with Crippen molar-refractivity contribution in [2.75, 3.05) is 0 Å². The van der Waals surface area contributed by atoms with Crippen LogP contribution in [0.5, 0.6) is 0 Å². The van der Waals surface area contributed by atoms with Gasteiger partial charge >= 0.3 is 6.09 Å². The van der Waals surface area contributed by atoms with E-state index in [0.717, 1.165) is 38.9 Å². The molecule has 1 N–H and O–H groups in total. The van der Waals surface area contributed by atoms with Gasteiger partial charge in [0.15, 0.2) is 0 Å². The molecule has 0 unspecified atom stereocenters. The lowest BCUT2D eigenvalue weighted by Crippen LogP contribution is -2.54. The molecule has 34 heavy (non-hydrogen) atoms. The highest BCUT2D eigenvalue weighted by molar-refractivity contribution is 6.34. The number of aromatic nitrogens is 2. The van der Waals surface area contributed by atoms with E-state index in [-0.39, 0.29) is 0 Å². The maximum atomic E-state index is 12.1. The molecular weight excluding hydrogens is 446 g/mol. The molecule has 2 aromatic carbocycles. The normalized spacial score (nSPS) is 12.1. The number of hydrogen-bond donors (Lipinski definition) is 1. The highest BCUT2D eigenvalue weighted by Crippen LogP contribution is 2.38. The lowest BCUT2D eigenvalue weighted by molar-refractivity contribution is 0.0314. The minimum Gasteiger partial charge on any atom is -0.465 e. The van der Waals surface area contributed by atoms with Gasteiger partial charge in [0.2, 0.25) is 0 Å². The highest BCUT2D eigenvalue weighted by Gasteiger charge is 2.40. The van der Waals surface area contributed by atoms with Crippen molar-refractivity contribution in [3.8, 4) is 22.4 Å². The van der Waals surface area contributed by atoms with Crippen molar-refractivity contribution in [3.63, 3.8) is 0 Å². The van der Waals surface area contributed by atoms with E-state index in [0.29, 0.717) is 5.15 Å². The van der Waals surface area contributed by atoms with Crippen molar-refractivity contribution >= 4 is 28.6 Å². The summed E-state index contributed by atoms with van der Waals surface area (Å²) in [4.78, 5) is 22.8. The summed E-state index contributed by atoms with van der Waals surface area (Å²) in [6.45, 7) is 9.58.